The molecule has 0 bridgehead atoms. The van der Waals surface area contributed by atoms with Crippen molar-refractivity contribution >= 4 is 11.4 Å². The average Bonchev–Trinajstić information content (AvgIpc) is 2.56. The summed E-state index contributed by atoms with van der Waals surface area (Å²) in [5.41, 5.74) is 2.21. The number of rotatable bonds is 4. The highest BCUT2D eigenvalue weighted by molar-refractivity contribution is 5.49. The Balaban J connectivity index is 1.64. The molecule has 0 aromatic heterocycles. The molecule has 5 heteroatoms. The molecular weight excluding hydrogens is 280 g/mol. The van der Waals surface area contributed by atoms with Gasteiger partial charge in [-0.1, -0.05) is 30.3 Å². The van der Waals surface area contributed by atoms with Gasteiger partial charge in [0.25, 0.3) is 5.69 Å². The molecule has 114 valence electrons. The van der Waals surface area contributed by atoms with E-state index in [1.165, 1.54) is 17.7 Å². The minimum absolute atomic E-state index is 0.102. The van der Waals surface area contributed by atoms with Crippen LogP contribution in [0.1, 0.15) is 24.5 Å². The lowest BCUT2D eigenvalue weighted by Gasteiger charge is -2.31. The Kier molecular flexibility index (Phi) is 4.34. The molecule has 2 aromatic rings. The molecule has 1 fully saturated rings. The second-order valence-corrected chi connectivity index (χ2v) is 5.44. The number of ether oxygens (including phenoxy) is 1. The molecule has 1 saturated heterocycles. The number of hydrogen-bond donors (Lipinski definition) is 1. The van der Waals surface area contributed by atoms with Crippen molar-refractivity contribution in [3.8, 4) is 0 Å². The third kappa shape index (κ3) is 3.43. The third-order valence-corrected chi connectivity index (χ3v) is 3.90. The Hall–Kier alpha value is -2.40. The molecule has 1 aliphatic heterocycles. The van der Waals surface area contributed by atoms with Gasteiger partial charge < -0.3 is 10.1 Å². The van der Waals surface area contributed by atoms with Gasteiger partial charge in [-0.15, -0.1) is 0 Å². The van der Waals surface area contributed by atoms with Crippen molar-refractivity contribution in [1.29, 1.82) is 0 Å². The van der Waals surface area contributed by atoms with Gasteiger partial charge in [0.1, 0.15) is 0 Å². The number of hydrogen-bond acceptors (Lipinski definition) is 4. The van der Waals surface area contributed by atoms with E-state index in [0.717, 1.165) is 18.5 Å². The van der Waals surface area contributed by atoms with Crippen molar-refractivity contribution in [2.24, 2.45) is 0 Å². The van der Waals surface area contributed by atoms with Crippen LogP contribution in [0.15, 0.2) is 54.6 Å². The second kappa shape index (κ2) is 6.58. The summed E-state index contributed by atoms with van der Waals surface area (Å²) >= 11 is 0. The number of nitro groups is 1. The highest BCUT2D eigenvalue weighted by Gasteiger charge is 2.23. The van der Waals surface area contributed by atoms with Crippen LogP contribution in [0.5, 0.6) is 0 Å². The van der Waals surface area contributed by atoms with Crippen LogP contribution >= 0.6 is 0 Å². The average molecular weight is 298 g/mol. The van der Waals surface area contributed by atoms with Gasteiger partial charge in [-0.2, -0.15) is 0 Å². The smallest absolute Gasteiger partial charge is 0.269 e. The minimum Gasteiger partial charge on any atom is -0.382 e. The summed E-state index contributed by atoms with van der Waals surface area (Å²) in [7, 11) is 0. The number of nitrogens with one attached hydrogen (secondary N) is 1. The maximum Gasteiger partial charge on any atom is 0.269 e. The fourth-order valence-electron chi connectivity index (χ4n) is 2.74. The molecule has 22 heavy (non-hydrogen) atoms. The summed E-state index contributed by atoms with van der Waals surface area (Å²) in [6, 6.07) is 17.1. The molecule has 2 unspecified atom stereocenters. The first-order valence-corrected chi connectivity index (χ1v) is 7.40. The van der Waals surface area contributed by atoms with Crippen molar-refractivity contribution in [3.05, 3.63) is 70.3 Å². The molecule has 2 atom stereocenters. The monoisotopic (exact) mass is 298 g/mol. The number of non-ortho nitro benzene ring substituents is 1. The molecule has 0 saturated carbocycles. The van der Waals surface area contributed by atoms with E-state index in [-0.39, 0.29) is 16.7 Å². The van der Waals surface area contributed by atoms with Gasteiger partial charge in [0, 0.05) is 30.5 Å². The molecular formula is C17H18N2O3. The molecule has 0 amide bonds. The van der Waals surface area contributed by atoms with Crippen LogP contribution in [0.25, 0.3) is 0 Å². The summed E-state index contributed by atoms with van der Waals surface area (Å²) in [6.07, 6.45) is 1.92. The van der Waals surface area contributed by atoms with E-state index in [1.807, 2.05) is 18.2 Å². The largest absolute Gasteiger partial charge is 0.382 e. The first-order valence-electron chi connectivity index (χ1n) is 7.40. The van der Waals surface area contributed by atoms with E-state index in [9.17, 15) is 10.1 Å². The van der Waals surface area contributed by atoms with Crippen LogP contribution in [-0.2, 0) is 4.74 Å². The Bertz CT molecular complexity index is 628. The van der Waals surface area contributed by atoms with Gasteiger partial charge in [-0.3, -0.25) is 10.1 Å². The van der Waals surface area contributed by atoms with Crippen LogP contribution in [-0.4, -0.2) is 17.6 Å². The maximum atomic E-state index is 10.7. The van der Waals surface area contributed by atoms with Gasteiger partial charge in [0.05, 0.1) is 11.0 Å². The zero-order valence-corrected chi connectivity index (χ0v) is 12.1. The molecule has 1 aliphatic rings. The highest BCUT2D eigenvalue weighted by atomic mass is 16.6. The summed E-state index contributed by atoms with van der Waals surface area (Å²) < 4.78 is 5.85. The van der Waals surface area contributed by atoms with Crippen LogP contribution in [0.2, 0.25) is 0 Å². The molecule has 1 heterocycles. The highest BCUT2D eigenvalue weighted by Crippen LogP contribution is 2.29. The summed E-state index contributed by atoms with van der Waals surface area (Å²) in [5.74, 6) is 0. The fourth-order valence-corrected chi connectivity index (χ4v) is 2.74. The molecule has 5 nitrogen and oxygen atoms in total. The van der Waals surface area contributed by atoms with E-state index in [0.29, 0.717) is 12.6 Å². The SMILES string of the molecule is O=[N+]([O-])c1ccc(NC2CCOC(c3ccccc3)C2)cc1. The predicted octanol–water partition coefficient (Wildman–Crippen LogP) is 3.93. The van der Waals surface area contributed by atoms with Crippen LogP contribution in [0.3, 0.4) is 0 Å². The van der Waals surface area contributed by atoms with E-state index in [2.05, 4.69) is 17.4 Å². The van der Waals surface area contributed by atoms with Gasteiger partial charge >= 0.3 is 0 Å². The van der Waals surface area contributed by atoms with Crippen LogP contribution in [0.4, 0.5) is 11.4 Å². The van der Waals surface area contributed by atoms with Crippen molar-refractivity contribution < 1.29 is 9.66 Å². The molecule has 0 radical (unpaired) electrons. The quantitative estimate of drug-likeness (QED) is 0.686. The molecule has 0 spiro atoms. The van der Waals surface area contributed by atoms with Crippen LogP contribution < -0.4 is 5.32 Å². The number of anilines is 1. The summed E-state index contributed by atoms with van der Waals surface area (Å²) in [4.78, 5) is 10.3. The number of nitro benzene ring substituents is 1. The van der Waals surface area contributed by atoms with E-state index >= 15 is 0 Å². The van der Waals surface area contributed by atoms with E-state index < -0.39 is 0 Å². The summed E-state index contributed by atoms with van der Waals surface area (Å²) in [6.45, 7) is 0.713. The molecule has 0 aliphatic carbocycles. The van der Waals surface area contributed by atoms with Crippen molar-refractivity contribution in [2.75, 3.05) is 11.9 Å². The zero-order chi connectivity index (χ0) is 15.4. The van der Waals surface area contributed by atoms with Gasteiger partial charge in [-0.25, -0.2) is 0 Å². The Morgan fingerprint density at radius 3 is 2.50 bits per heavy atom. The maximum absolute atomic E-state index is 10.7. The zero-order valence-electron chi connectivity index (χ0n) is 12.1. The molecule has 1 N–H and O–H groups in total. The predicted molar refractivity (Wildman–Crippen MR) is 84.9 cm³/mol. The second-order valence-electron chi connectivity index (χ2n) is 5.44. The number of nitrogens with zero attached hydrogens (tertiary/aromatic N) is 1. The lowest BCUT2D eigenvalue weighted by molar-refractivity contribution is -0.384. The van der Waals surface area contributed by atoms with Crippen molar-refractivity contribution in [3.63, 3.8) is 0 Å². The Morgan fingerprint density at radius 1 is 1.09 bits per heavy atom. The third-order valence-electron chi connectivity index (χ3n) is 3.90. The van der Waals surface area contributed by atoms with Gasteiger partial charge in [0.2, 0.25) is 0 Å². The standard InChI is InChI=1S/C17H18N2O3/c20-19(21)16-8-6-14(7-9-16)18-15-10-11-22-17(12-15)13-4-2-1-3-5-13/h1-9,15,17-18H,10-12H2. The normalized spacial score (nSPS) is 21.3. The lowest BCUT2D eigenvalue weighted by atomic mass is 9.97. The van der Waals surface area contributed by atoms with Gasteiger partial charge in [0.15, 0.2) is 0 Å². The molecule has 3 rings (SSSR count). The van der Waals surface area contributed by atoms with Crippen LogP contribution in [0, 0.1) is 10.1 Å². The topological polar surface area (TPSA) is 64.4 Å². The number of benzene rings is 2. The van der Waals surface area contributed by atoms with Crippen molar-refractivity contribution in [2.45, 2.75) is 25.0 Å². The van der Waals surface area contributed by atoms with E-state index in [4.69, 9.17) is 4.74 Å². The first kappa shape index (κ1) is 14.5. The van der Waals surface area contributed by atoms with Crippen molar-refractivity contribution in [1.82, 2.24) is 0 Å². The minimum atomic E-state index is -0.385. The first-order chi connectivity index (χ1) is 10.7. The lowest BCUT2D eigenvalue weighted by Crippen LogP contribution is -2.30. The molecule has 2 aromatic carbocycles. The van der Waals surface area contributed by atoms with E-state index in [1.54, 1.807) is 12.1 Å². The Labute approximate surface area is 129 Å². The fraction of sp³-hybridized carbons (Fsp3) is 0.294. The Morgan fingerprint density at radius 2 is 1.82 bits per heavy atom. The van der Waals surface area contributed by atoms with Gasteiger partial charge in [-0.05, 0) is 30.5 Å². The summed E-state index contributed by atoms with van der Waals surface area (Å²) in [5, 5.41) is 14.1.